The molecule has 0 amide bonds. The average molecular weight is 178 g/mol. The lowest BCUT2D eigenvalue weighted by molar-refractivity contribution is 0.368. The first kappa shape index (κ1) is 6.98. The summed E-state index contributed by atoms with van der Waals surface area (Å²) in [5, 5.41) is 0. The molecule has 1 saturated heterocycles. The predicted octanol–water partition coefficient (Wildman–Crippen LogP) is 2.62. The van der Waals surface area contributed by atoms with E-state index in [2.05, 4.69) is 24.3 Å². The third-order valence-electron chi connectivity index (χ3n) is 2.47. The molecule has 0 bridgehead atoms. The fourth-order valence-corrected chi connectivity index (χ4v) is 2.86. The van der Waals surface area contributed by atoms with Gasteiger partial charge in [-0.3, -0.25) is 0 Å². The number of hydrogen-bond acceptors (Lipinski definition) is 2. The molecular weight excluding hydrogens is 168 g/mol. The number of thioether (sulfide) groups is 1. The van der Waals surface area contributed by atoms with Gasteiger partial charge in [-0.1, -0.05) is 18.2 Å². The minimum absolute atomic E-state index is 0.427. The number of hydrogen-bond donors (Lipinski definition) is 0. The molecule has 2 aliphatic rings. The van der Waals surface area contributed by atoms with Crippen LogP contribution in [0, 0.1) is 0 Å². The molecule has 2 aliphatic heterocycles. The number of rotatable bonds is 0. The van der Waals surface area contributed by atoms with Crippen molar-refractivity contribution in [3.05, 3.63) is 29.8 Å². The lowest BCUT2D eigenvalue weighted by Gasteiger charge is -2.02. The Morgan fingerprint density at radius 3 is 3.25 bits per heavy atom. The minimum Gasteiger partial charge on any atom is -0.364 e. The molecule has 2 atom stereocenters. The third kappa shape index (κ3) is 0.985. The first-order valence-electron chi connectivity index (χ1n) is 4.32. The van der Waals surface area contributed by atoms with E-state index in [4.69, 9.17) is 4.74 Å². The summed E-state index contributed by atoms with van der Waals surface area (Å²) in [4.78, 5) is 1.42. The Kier molecular flexibility index (Phi) is 1.46. The standard InChI is InChI=1S/C10H10OS/c1-2-4-9-7(3-1)10-8(11-10)5-6-12-9/h1-4,8,10H,5-6H2. The monoisotopic (exact) mass is 178 g/mol. The van der Waals surface area contributed by atoms with Crippen molar-refractivity contribution in [3.63, 3.8) is 0 Å². The molecule has 0 saturated carbocycles. The number of ether oxygens (including phenoxy) is 1. The Balaban J connectivity index is 2.08. The summed E-state index contributed by atoms with van der Waals surface area (Å²) in [6, 6.07) is 8.60. The van der Waals surface area contributed by atoms with Crippen molar-refractivity contribution in [1.82, 2.24) is 0 Å². The highest BCUT2D eigenvalue weighted by molar-refractivity contribution is 7.99. The number of fused-ring (bicyclic) bond motifs is 3. The Hall–Kier alpha value is -0.470. The van der Waals surface area contributed by atoms with E-state index in [1.165, 1.54) is 22.6 Å². The van der Waals surface area contributed by atoms with Crippen molar-refractivity contribution in [1.29, 1.82) is 0 Å². The Labute approximate surface area is 76.1 Å². The Bertz CT molecular complexity index is 310. The number of epoxide rings is 1. The van der Waals surface area contributed by atoms with Crippen LogP contribution in [0.25, 0.3) is 0 Å². The molecule has 1 nitrogen and oxygen atoms in total. The molecule has 2 unspecified atom stereocenters. The quantitative estimate of drug-likeness (QED) is 0.566. The molecule has 2 heteroatoms. The molecule has 1 fully saturated rings. The predicted molar refractivity (Wildman–Crippen MR) is 49.4 cm³/mol. The van der Waals surface area contributed by atoms with Gasteiger partial charge in [0.1, 0.15) is 6.10 Å². The zero-order chi connectivity index (χ0) is 7.97. The molecule has 62 valence electrons. The molecule has 0 aliphatic carbocycles. The Morgan fingerprint density at radius 2 is 2.25 bits per heavy atom. The molecular formula is C10H10OS. The van der Waals surface area contributed by atoms with Gasteiger partial charge in [0.15, 0.2) is 0 Å². The van der Waals surface area contributed by atoms with Gasteiger partial charge in [-0.25, -0.2) is 0 Å². The van der Waals surface area contributed by atoms with Gasteiger partial charge in [0, 0.05) is 10.6 Å². The second-order valence-electron chi connectivity index (χ2n) is 3.27. The largest absolute Gasteiger partial charge is 0.364 e. The first-order valence-corrected chi connectivity index (χ1v) is 5.31. The molecule has 0 N–H and O–H groups in total. The van der Waals surface area contributed by atoms with Crippen LogP contribution in [-0.4, -0.2) is 11.9 Å². The molecule has 3 rings (SSSR count). The highest BCUT2D eigenvalue weighted by Gasteiger charge is 2.42. The molecule has 1 aromatic rings. The van der Waals surface area contributed by atoms with Crippen LogP contribution < -0.4 is 0 Å². The summed E-state index contributed by atoms with van der Waals surface area (Å²) in [5.41, 5.74) is 1.41. The number of benzene rings is 1. The fraction of sp³-hybridized carbons (Fsp3) is 0.400. The fourth-order valence-electron chi connectivity index (χ4n) is 1.77. The maximum atomic E-state index is 5.57. The van der Waals surface area contributed by atoms with E-state index < -0.39 is 0 Å². The summed E-state index contributed by atoms with van der Waals surface area (Å²) in [7, 11) is 0. The van der Waals surface area contributed by atoms with Gasteiger partial charge in [0.25, 0.3) is 0 Å². The zero-order valence-corrected chi connectivity index (χ0v) is 7.51. The molecule has 12 heavy (non-hydrogen) atoms. The van der Waals surface area contributed by atoms with Gasteiger partial charge in [-0.15, -0.1) is 11.8 Å². The van der Waals surface area contributed by atoms with Gasteiger partial charge in [-0.05, 0) is 18.1 Å². The van der Waals surface area contributed by atoms with Gasteiger partial charge < -0.3 is 4.74 Å². The maximum Gasteiger partial charge on any atom is 0.110 e. The average Bonchev–Trinajstić information content (AvgIpc) is 2.82. The van der Waals surface area contributed by atoms with Crippen molar-refractivity contribution < 1.29 is 4.74 Å². The van der Waals surface area contributed by atoms with Crippen LogP contribution in [0.2, 0.25) is 0 Å². The van der Waals surface area contributed by atoms with E-state index in [1.54, 1.807) is 0 Å². The maximum absolute atomic E-state index is 5.57. The van der Waals surface area contributed by atoms with Crippen LogP contribution in [0.4, 0.5) is 0 Å². The van der Waals surface area contributed by atoms with Gasteiger partial charge in [-0.2, -0.15) is 0 Å². The topological polar surface area (TPSA) is 12.5 Å². The minimum atomic E-state index is 0.427. The summed E-state index contributed by atoms with van der Waals surface area (Å²) in [6.45, 7) is 0. The summed E-state index contributed by atoms with van der Waals surface area (Å²) in [6.07, 6.45) is 2.17. The van der Waals surface area contributed by atoms with Crippen LogP contribution >= 0.6 is 11.8 Å². The molecule has 1 aromatic carbocycles. The van der Waals surface area contributed by atoms with E-state index in [-0.39, 0.29) is 0 Å². The lowest BCUT2D eigenvalue weighted by atomic mass is 10.1. The van der Waals surface area contributed by atoms with Crippen LogP contribution in [0.15, 0.2) is 29.2 Å². The van der Waals surface area contributed by atoms with Crippen molar-refractivity contribution in [3.8, 4) is 0 Å². The molecule has 0 spiro atoms. The lowest BCUT2D eigenvalue weighted by Crippen LogP contribution is -1.85. The summed E-state index contributed by atoms with van der Waals surface area (Å²) >= 11 is 1.96. The third-order valence-corrected chi connectivity index (χ3v) is 3.59. The smallest absolute Gasteiger partial charge is 0.110 e. The van der Waals surface area contributed by atoms with Crippen molar-refractivity contribution in [2.24, 2.45) is 0 Å². The van der Waals surface area contributed by atoms with E-state index in [9.17, 15) is 0 Å². The van der Waals surface area contributed by atoms with Crippen LogP contribution in [0.5, 0.6) is 0 Å². The molecule has 0 radical (unpaired) electrons. The van der Waals surface area contributed by atoms with E-state index in [0.29, 0.717) is 12.2 Å². The zero-order valence-electron chi connectivity index (χ0n) is 6.69. The molecule has 2 heterocycles. The summed E-state index contributed by atoms with van der Waals surface area (Å²) in [5.74, 6) is 1.21. The van der Waals surface area contributed by atoms with Crippen LogP contribution in [0.1, 0.15) is 18.1 Å². The molecule has 0 aromatic heterocycles. The van der Waals surface area contributed by atoms with Crippen molar-refractivity contribution in [2.75, 3.05) is 5.75 Å². The SMILES string of the molecule is c1ccc2c(c1)SCCC1OC21. The van der Waals surface area contributed by atoms with E-state index >= 15 is 0 Å². The van der Waals surface area contributed by atoms with Gasteiger partial charge in [0.05, 0.1) is 6.10 Å². The van der Waals surface area contributed by atoms with E-state index in [1.807, 2.05) is 11.8 Å². The second kappa shape index (κ2) is 2.51. The van der Waals surface area contributed by atoms with Crippen molar-refractivity contribution in [2.45, 2.75) is 23.5 Å². The normalized spacial score (nSPS) is 31.7. The highest BCUT2D eigenvalue weighted by Crippen LogP contribution is 2.47. The Morgan fingerprint density at radius 1 is 1.33 bits per heavy atom. The second-order valence-corrected chi connectivity index (χ2v) is 4.41. The van der Waals surface area contributed by atoms with Crippen LogP contribution in [-0.2, 0) is 4.74 Å². The van der Waals surface area contributed by atoms with E-state index in [0.717, 1.165) is 0 Å². The summed E-state index contributed by atoms with van der Waals surface area (Å²) < 4.78 is 5.57. The highest BCUT2D eigenvalue weighted by atomic mass is 32.2. The van der Waals surface area contributed by atoms with Crippen molar-refractivity contribution >= 4 is 11.8 Å². The van der Waals surface area contributed by atoms with Crippen LogP contribution in [0.3, 0.4) is 0 Å². The first-order chi connectivity index (χ1) is 5.95. The van der Waals surface area contributed by atoms with Gasteiger partial charge in [0.2, 0.25) is 0 Å². The van der Waals surface area contributed by atoms with Gasteiger partial charge >= 0.3 is 0 Å².